The Kier molecular flexibility index (Phi) is 5.31. The van der Waals surface area contributed by atoms with Gasteiger partial charge in [0.1, 0.15) is 0 Å². The average Bonchev–Trinajstić information content (AvgIpc) is 2.26. The molecular formula is C12H12ClNS. The smallest absolute Gasteiger partial charge is 0.0952 e. The molecule has 1 aromatic carbocycles. The summed E-state index contributed by atoms with van der Waals surface area (Å²) in [5, 5.41) is 11.4. The highest BCUT2D eigenvalue weighted by molar-refractivity contribution is 8.02. The molecule has 0 aliphatic rings. The second kappa shape index (κ2) is 6.55. The standard InChI is InChI=1S/C12H12ClNS/c1-2-5-10(8-14)9-15-12-7-4-3-6-11(12)13/h3-4,6-7,9H,2,5H2,1H3. The van der Waals surface area contributed by atoms with E-state index in [1.807, 2.05) is 29.7 Å². The summed E-state index contributed by atoms with van der Waals surface area (Å²) in [4.78, 5) is 0.989. The van der Waals surface area contributed by atoms with Crippen molar-refractivity contribution < 1.29 is 0 Å². The lowest BCUT2D eigenvalue weighted by Gasteiger charge is -1.99. The van der Waals surface area contributed by atoms with Crippen LogP contribution < -0.4 is 0 Å². The first-order valence-corrected chi connectivity index (χ1v) is 6.04. The summed E-state index contributed by atoms with van der Waals surface area (Å²) in [5.74, 6) is 0. The summed E-state index contributed by atoms with van der Waals surface area (Å²) in [5.41, 5.74) is 0.808. The van der Waals surface area contributed by atoms with Crippen LogP contribution in [0, 0.1) is 11.3 Å². The first-order valence-electron chi connectivity index (χ1n) is 4.78. The summed E-state index contributed by atoms with van der Waals surface area (Å²) in [7, 11) is 0. The third-order valence-electron chi connectivity index (χ3n) is 1.83. The van der Waals surface area contributed by atoms with Crippen LogP contribution in [0.4, 0.5) is 0 Å². The Hall–Kier alpha value is -0.910. The lowest BCUT2D eigenvalue weighted by molar-refractivity contribution is 0.931. The predicted octanol–water partition coefficient (Wildman–Crippen LogP) is 4.64. The van der Waals surface area contributed by atoms with Gasteiger partial charge in [-0.05, 0) is 24.0 Å². The molecule has 0 radical (unpaired) electrons. The normalized spacial score (nSPS) is 11.1. The topological polar surface area (TPSA) is 23.8 Å². The minimum absolute atomic E-state index is 0.729. The molecule has 0 spiro atoms. The van der Waals surface area contributed by atoms with Gasteiger partial charge in [-0.1, -0.05) is 48.8 Å². The van der Waals surface area contributed by atoms with Gasteiger partial charge in [0.25, 0.3) is 0 Å². The molecule has 0 amide bonds. The van der Waals surface area contributed by atoms with E-state index in [0.29, 0.717) is 0 Å². The second-order valence-corrected chi connectivity index (χ2v) is 4.37. The van der Waals surface area contributed by atoms with Crippen LogP contribution in [-0.2, 0) is 0 Å². The molecule has 0 aromatic heterocycles. The van der Waals surface area contributed by atoms with Crippen LogP contribution in [0.2, 0.25) is 5.02 Å². The lowest BCUT2D eigenvalue weighted by atomic mass is 10.2. The molecular weight excluding hydrogens is 226 g/mol. The number of rotatable bonds is 4. The van der Waals surface area contributed by atoms with Crippen LogP contribution in [0.25, 0.3) is 0 Å². The van der Waals surface area contributed by atoms with Crippen LogP contribution in [-0.4, -0.2) is 0 Å². The maximum atomic E-state index is 8.84. The van der Waals surface area contributed by atoms with Gasteiger partial charge in [-0.25, -0.2) is 0 Å². The number of thioether (sulfide) groups is 1. The van der Waals surface area contributed by atoms with Gasteiger partial charge < -0.3 is 0 Å². The van der Waals surface area contributed by atoms with Crippen LogP contribution in [0.1, 0.15) is 19.8 Å². The van der Waals surface area contributed by atoms with E-state index in [1.165, 1.54) is 11.8 Å². The summed E-state index contributed by atoms with van der Waals surface area (Å²) in [6, 6.07) is 9.82. The molecule has 0 bridgehead atoms. The highest BCUT2D eigenvalue weighted by Crippen LogP contribution is 2.28. The third kappa shape index (κ3) is 3.99. The number of nitriles is 1. The minimum atomic E-state index is 0.729. The molecule has 0 atom stereocenters. The molecule has 0 aliphatic heterocycles. The van der Waals surface area contributed by atoms with Crippen LogP contribution in [0.5, 0.6) is 0 Å². The van der Waals surface area contributed by atoms with Gasteiger partial charge in [-0.2, -0.15) is 5.26 Å². The Morgan fingerprint density at radius 2 is 2.27 bits per heavy atom. The maximum Gasteiger partial charge on any atom is 0.0952 e. The van der Waals surface area contributed by atoms with Crippen LogP contribution in [0.3, 0.4) is 0 Å². The van der Waals surface area contributed by atoms with Crippen molar-refractivity contribution in [3.8, 4) is 6.07 Å². The largest absolute Gasteiger partial charge is 0.193 e. The van der Waals surface area contributed by atoms with E-state index in [0.717, 1.165) is 28.3 Å². The number of benzene rings is 1. The molecule has 1 nitrogen and oxygen atoms in total. The fourth-order valence-corrected chi connectivity index (χ4v) is 2.13. The van der Waals surface area contributed by atoms with Gasteiger partial charge in [-0.3, -0.25) is 0 Å². The maximum absolute atomic E-state index is 8.84. The molecule has 0 fully saturated rings. The van der Waals surface area contributed by atoms with Gasteiger partial charge in [0, 0.05) is 10.5 Å². The highest BCUT2D eigenvalue weighted by Gasteiger charge is 1.99. The second-order valence-electron chi connectivity index (χ2n) is 3.05. The lowest BCUT2D eigenvalue weighted by Crippen LogP contribution is -1.77. The van der Waals surface area contributed by atoms with E-state index in [-0.39, 0.29) is 0 Å². The van der Waals surface area contributed by atoms with E-state index < -0.39 is 0 Å². The zero-order valence-corrected chi connectivity index (χ0v) is 10.1. The van der Waals surface area contributed by atoms with Gasteiger partial charge >= 0.3 is 0 Å². The molecule has 1 rings (SSSR count). The van der Waals surface area contributed by atoms with E-state index in [4.69, 9.17) is 16.9 Å². The Labute approximate surface area is 99.8 Å². The number of hydrogen-bond donors (Lipinski definition) is 0. The average molecular weight is 238 g/mol. The van der Waals surface area contributed by atoms with Gasteiger partial charge in [0.15, 0.2) is 0 Å². The van der Waals surface area contributed by atoms with Crippen molar-refractivity contribution >= 4 is 23.4 Å². The van der Waals surface area contributed by atoms with Gasteiger partial charge in [-0.15, -0.1) is 0 Å². The van der Waals surface area contributed by atoms with Crippen molar-refractivity contribution in [1.82, 2.24) is 0 Å². The van der Waals surface area contributed by atoms with E-state index in [1.54, 1.807) is 0 Å². The Balaban J connectivity index is 2.71. The molecule has 0 unspecified atom stereocenters. The first-order chi connectivity index (χ1) is 7.27. The summed E-state index contributed by atoms with van der Waals surface area (Å²) < 4.78 is 0. The zero-order chi connectivity index (χ0) is 11.1. The van der Waals surface area contributed by atoms with Gasteiger partial charge in [0.05, 0.1) is 11.1 Å². The molecule has 15 heavy (non-hydrogen) atoms. The van der Waals surface area contributed by atoms with E-state index in [2.05, 4.69) is 13.0 Å². The van der Waals surface area contributed by atoms with Crippen molar-refractivity contribution in [3.05, 3.63) is 40.3 Å². The highest BCUT2D eigenvalue weighted by atomic mass is 35.5. The molecule has 0 saturated carbocycles. The van der Waals surface area contributed by atoms with Crippen molar-refractivity contribution in [1.29, 1.82) is 5.26 Å². The number of allylic oxidation sites excluding steroid dienone is 1. The number of hydrogen-bond acceptors (Lipinski definition) is 2. The Morgan fingerprint density at radius 1 is 1.53 bits per heavy atom. The summed E-state index contributed by atoms with van der Waals surface area (Å²) in [6.45, 7) is 2.06. The monoisotopic (exact) mass is 237 g/mol. The van der Waals surface area contributed by atoms with Crippen molar-refractivity contribution in [2.24, 2.45) is 0 Å². The van der Waals surface area contributed by atoms with E-state index in [9.17, 15) is 0 Å². The van der Waals surface area contributed by atoms with Crippen LogP contribution in [0.15, 0.2) is 40.1 Å². The molecule has 0 aliphatic carbocycles. The predicted molar refractivity (Wildman–Crippen MR) is 65.9 cm³/mol. The molecule has 3 heteroatoms. The van der Waals surface area contributed by atoms with Crippen molar-refractivity contribution in [2.45, 2.75) is 24.7 Å². The molecule has 0 heterocycles. The first kappa shape index (κ1) is 12.2. The summed E-state index contributed by atoms with van der Waals surface area (Å²) in [6.07, 6.45) is 1.82. The molecule has 1 aromatic rings. The van der Waals surface area contributed by atoms with Crippen LogP contribution >= 0.6 is 23.4 Å². The Bertz CT molecular complexity index is 393. The van der Waals surface area contributed by atoms with Crippen molar-refractivity contribution in [3.63, 3.8) is 0 Å². The van der Waals surface area contributed by atoms with E-state index >= 15 is 0 Å². The molecule has 78 valence electrons. The number of nitrogens with zero attached hydrogens (tertiary/aromatic N) is 1. The quantitative estimate of drug-likeness (QED) is 0.563. The van der Waals surface area contributed by atoms with Crippen molar-refractivity contribution in [2.75, 3.05) is 0 Å². The number of halogens is 1. The molecule has 0 saturated heterocycles. The minimum Gasteiger partial charge on any atom is -0.193 e. The summed E-state index contributed by atoms with van der Waals surface area (Å²) >= 11 is 7.50. The molecule has 0 N–H and O–H groups in total. The van der Waals surface area contributed by atoms with Gasteiger partial charge in [0.2, 0.25) is 0 Å². The Morgan fingerprint density at radius 3 is 2.87 bits per heavy atom. The fourth-order valence-electron chi connectivity index (χ4n) is 1.09. The third-order valence-corrected chi connectivity index (χ3v) is 3.28. The SMILES string of the molecule is CCCC(C#N)=CSc1ccccc1Cl. The zero-order valence-electron chi connectivity index (χ0n) is 8.53. The fraction of sp³-hybridized carbons (Fsp3) is 0.250.